The number of aromatic nitrogens is 1. The Labute approximate surface area is 194 Å². The number of furan rings is 1. The van der Waals surface area contributed by atoms with Crippen LogP contribution in [0.1, 0.15) is 36.6 Å². The van der Waals surface area contributed by atoms with Gasteiger partial charge >= 0.3 is 0 Å². The van der Waals surface area contributed by atoms with E-state index in [4.69, 9.17) is 11.0 Å². The fourth-order valence-corrected chi connectivity index (χ4v) is 4.64. The van der Waals surface area contributed by atoms with Gasteiger partial charge in [-0.15, -0.1) is 0 Å². The monoisotopic (exact) mass is 431 g/mol. The predicted molar refractivity (Wildman–Crippen MR) is 136 cm³/mol. The topological polar surface area (TPSA) is 21.4 Å². The fourth-order valence-electron chi connectivity index (χ4n) is 4.64. The minimum Gasteiger partial charge on any atom is -0.455 e. The second-order valence-electron chi connectivity index (χ2n) is 9.11. The van der Waals surface area contributed by atoms with Gasteiger partial charge in [-0.25, -0.2) is 4.85 Å². The van der Waals surface area contributed by atoms with Gasteiger partial charge < -0.3 is 4.42 Å². The molecule has 0 amide bonds. The van der Waals surface area contributed by atoms with E-state index in [9.17, 15) is 0 Å². The number of aryl methyl sites for hydroxylation is 2. The predicted octanol–water partition coefficient (Wildman–Crippen LogP) is 8.04. The first kappa shape index (κ1) is 21.0. The fraction of sp³-hybridized carbons (Fsp3) is 0.200. The van der Waals surface area contributed by atoms with Crippen molar-refractivity contribution in [3.63, 3.8) is 0 Å². The Morgan fingerprint density at radius 3 is 2.33 bits per heavy atom. The van der Waals surface area contributed by atoms with Crippen LogP contribution in [0.4, 0.5) is 5.69 Å². The molecule has 33 heavy (non-hydrogen) atoms. The summed E-state index contributed by atoms with van der Waals surface area (Å²) in [6, 6.07) is 22.9. The molecule has 0 N–H and O–H groups in total. The van der Waals surface area contributed by atoms with Crippen molar-refractivity contribution in [1.29, 1.82) is 0 Å². The number of nitrogens with zero attached hydrogens (tertiary/aromatic N) is 2. The first-order valence-corrected chi connectivity index (χ1v) is 11.3. The highest BCUT2D eigenvalue weighted by Crippen LogP contribution is 2.42. The first-order chi connectivity index (χ1) is 15.9. The zero-order valence-electron chi connectivity index (χ0n) is 19.7. The van der Waals surface area contributed by atoms with Crippen LogP contribution in [-0.4, -0.2) is 0 Å². The molecule has 162 valence electrons. The van der Waals surface area contributed by atoms with Gasteiger partial charge in [-0.2, -0.15) is 4.57 Å². The standard InChI is InChI=1S/C30H27N2O/c1-18(2)22-14-20(4)32(6)27(15-22)28-19(3)12-13-24-26-17-23(31-5)16-25(29(26)33-30(24)28)21-10-8-7-9-11-21/h7-18H,1-4,6H3/q+1. The summed E-state index contributed by atoms with van der Waals surface area (Å²) in [6.07, 6.45) is 0. The van der Waals surface area contributed by atoms with Gasteiger partial charge in [-0.05, 0) is 41.7 Å². The number of benzene rings is 3. The third-order valence-corrected chi connectivity index (χ3v) is 6.64. The first-order valence-electron chi connectivity index (χ1n) is 11.3. The average molecular weight is 432 g/mol. The molecule has 3 heteroatoms. The van der Waals surface area contributed by atoms with E-state index < -0.39 is 0 Å². The van der Waals surface area contributed by atoms with E-state index in [0.717, 1.165) is 44.3 Å². The van der Waals surface area contributed by atoms with Gasteiger partial charge in [0, 0.05) is 35.4 Å². The Kier molecular flexibility index (Phi) is 5.02. The van der Waals surface area contributed by atoms with Crippen molar-refractivity contribution < 1.29 is 8.98 Å². The lowest BCUT2D eigenvalue weighted by molar-refractivity contribution is -0.666. The number of pyridine rings is 1. The van der Waals surface area contributed by atoms with Gasteiger partial charge in [-0.1, -0.05) is 56.3 Å². The Balaban J connectivity index is 1.91. The molecule has 0 radical (unpaired) electrons. The highest BCUT2D eigenvalue weighted by atomic mass is 16.3. The summed E-state index contributed by atoms with van der Waals surface area (Å²) in [7, 11) is 2.11. The number of rotatable bonds is 3. The highest BCUT2D eigenvalue weighted by Gasteiger charge is 2.24. The summed E-state index contributed by atoms with van der Waals surface area (Å²) in [4.78, 5) is 3.75. The van der Waals surface area contributed by atoms with Crippen LogP contribution in [0.25, 0.3) is 49.2 Å². The Hall–Kier alpha value is -3.90. The normalized spacial score (nSPS) is 11.4. The molecule has 0 saturated heterocycles. The minimum atomic E-state index is 0.435. The molecular formula is C30H27N2O+. The molecule has 0 aliphatic rings. The summed E-state index contributed by atoms with van der Waals surface area (Å²) >= 11 is 0. The molecule has 5 rings (SSSR count). The van der Waals surface area contributed by atoms with Crippen LogP contribution >= 0.6 is 0 Å². The molecule has 0 atom stereocenters. The second-order valence-corrected chi connectivity index (χ2v) is 9.11. The number of fused-ring (bicyclic) bond motifs is 3. The van der Waals surface area contributed by atoms with Crippen LogP contribution in [0.15, 0.2) is 71.1 Å². The molecule has 2 heterocycles. The number of hydrogen-bond donors (Lipinski definition) is 0. The molecule has 0 spiro atoms. The molecule has 0 fully saturated rings. The van der Waals surface area contributed by atoms with Crippen molar-refractivity contribution in [2.24, 2.45) is 7.05 Å². The van der Waals surface area contributed by atoms with Gasteiger partial charge in [-0.3, -0.25) is 0 Å². The molecule has 0 unspecified atom stereocenters. The third kappa shape index (κ3) is 3.39. The molecule has 0 bridgehead atoms. The highest BCUT2D eigenvalue weighted by molar-refractivity contribution is 6.14. The van der Waals surface area contributed by atoms with Crippen LogP contribution in [0, 0.1) is 20.4 Å². The molecule has 2 aromatic heterocycles. The number of hydrogen-bond acceptors (Lipinski definition) is 1. The van der Waals surface area contributed by atoms with E-state index in [-0.39, 0.29) is 0 Å². The van der Waals surface area contributed by atoms with E-state index in [1.54, 1.807) is 0 Å². The zero-order chi connectivity index (χ0) is 23.3. The summed E-state index contributed by atoms with van der Waals surface area (Å²) in [5, 5.41) is 2.03. The third-order valence-electron chi connectivity index (χ3n) is 6.64. The molecule has 0 saturated carbocycles. The molecule has 5 aromatic rings. The van der Waals surface area contributed by atoms with Gasteiger partial charge in [0.05, 0.1) is 12.1 Å². The lowest BCUT2D eigenvalue weighted by Gasteiger charge is -2.11. The smallest absolute Gasteiger partial charge is 0.216 e. The van der Waals surface area contributed by atoms with Gasteiger partial charge in [0.25, 0.3) is 0 Å². The van der Waals surface area contributed by atoms with E-state index in [2.05, 4.69) is 80.6 Å². The van der Waals surface area contributed by atoms with Crippen molar-refractivity contribution in [3.05, 3.63) is 95.0 Å². The summed E-state index contributed by atoms with van der Waals surface area (Å²) < 4.78 is 8.92. The molecule has 3 nitrogen and oxygen atoms in total. The maximum Gasteiger partial charge on any atom is 0.216 e. The summed E-state index contributed by atoms with van der Waals surface area (Å²) in [5.74, 6) is 0.435. The van der Waals surface area contributed by atoms with E-state index in [1.807, 2.05) is 30.3 Å². The Morgan fingerprint density at radius 1 is 0.879 bits per heavy atom. The van der Waals surface area contributed by atoms with Crippen molar-refractivity contribution in [2.75, 3.05) is 0 Å². The molecular weight excluding hydrogens is 404 g/mol. The molecule has 3 aromatic carbocycles. The van der Waals surface area contributed by atoms with Crippen LogP contribution in [-0.2, 0) is 7.05 Å². The van der Waals surface area contributed by atoms with Crippen LogP contribution < -0.4 is 4.57 Å². The van der Waals surface area contributed by atoms with Crippen molar-refractivity contribution >= 4 is 27.6 Å². The van der Waals surface area contributed by atoms with E-state index in [0.29, 0.717) is 11.6 Å². The largest absolute Gasteiger partial charge is 0.455 e. The van der Waals surface area contributed by atoms with Crippen LogP contribution in [0.2, 0.25) is 0 Å². The summed E-state index contributed by atoms with van der Waals surface area (Å²) in [5.41, 5.74) is 10.3. The maximum atomic E-state index is 7.66. The van der Waals surface area contributed by atoms with Crippen LogP contribution in [0.5, 0.6) is 0 Å². The van der Waals surface area contributed by atoms with Crippen LogP contribution in [0.3, 0.4) is 0 Å². The Morgan fingerprint density at radius 2 is 1.64 bits per heavy atom. The van der Waals surface area contributed by atoms with Gasteiger partial charge in [0.2, 0.25) is 5.69 Å². The van der Waals surface area contributed by atoms with Crippen molar-refractivity contribution in [2.45, 2.75) is 33.6 Å². The Bertz CT molecular complexity index is 1570. The molecule has 0 aliphatic heterocycles. The lowest BCUT2D eigenvalue weighted by Crippen LogP contribution is -2.35. The quantitative estimate of drug-likeness (QED) is 0.209. The van der Waals surface area contributed by atoms with Gasteiger partial charge in [0.15, 0.2) is 11.4 Å². The van der Waals surface area contributed by atoms with E-state index >= 15 is 0 Å². The molecule has 0 aliphatic carbocycles. The average Bonchev–Trinajstić information content (AvgIpc) is 3.19. The second kappa shape index (κ2) is 7.90. The maximum absolute atomic E-state index is 7.66. The van der Waals surface area contributed by atoms with Gasteiger partial charge in [0.1, 0.15) is 18.2 Å². The SMILES string of the molecule is [C-]#[N+]c1cc(-c2ccccc2)c2oc3c(-c4cc(C(C)C)cc(C)[n+]4C)c(C)ccc3c2c1. The lowest BCUT2D eigenvalue weighted by atomic mass is 9.95. The van der Waals surface area contributed by atoms with E-state index in [1.165, 1.54) is 16.8 Å². The summed E-state index contributed by atoms with van der Waals surface area (Å²) in [6.45, 7) is 16.4. The van der Waals surface area contributed by atoms with Crippen molar-refractivity contribution in [3.8, 4) is 22.4 Å². The minimum absolute atomic E-state index is 0.435. The van der Waals surface area contributed by atoms with Crippen molar-refractivity contribution in [1.82, 2.24) is 0 Å². The zero-order valence-corrected chi connectivity index (χ0v) is 19.7.